The molecule has 0 fully saturated rings. The fraction of sp³-hybridized carbons (Fsp3) is 0.636. The van der Waals surface area contributed by atoms with E-state index in [1.807, 2.05) is 6.92 Å². The molecule has 0 amide bonds. The Kier molecular flexibility index (Phi) is 4.42. The Morgan fingerprint density at radius 3 is 2.73 bits per heavy atom. The van der Waals surface area contributed by atoms with Crippen LogP contribution in [0.5, 0.6) is 0 Å². The number of aliphatic hydroxyl groups is 1. The van der Waals surface area contributed by atoms with Gasteiger partial charge in [0.1, 0.15) is 0 Å². The summed E-state index contributed by atoms with van der Waals surface area (Å²) < 4.78 is 3.90. The van der Waals surface area contributed by atoms with E-state index < -0.39 is 6.10 Å². The van der Waals surface area contributed by atoms with Gasteiger partial charge < -0.3 is 5.11 Å². The maximum atomic E-state index is 9.98. The molecular weight excluding hydrogens is 208 g/mol. The molecule has 4 heteroatoms. The van der Waals surface area contributed by atoms with Crippen molar-refractivity contribution >= 4 is 11.5 Å². The van der Waals surface area contributed by atoms with Gasteiger partial charge in [-0.05, 0) is 37.2 Å². The fourth-order valence-corrected chi connectivity index (χ4v) is 2.18. The van der Waals surface area contributed by atoms with E-state index in [4.69, 9.17) is 0 Å². The van der Waals surface area contributed by atoms with Crippen LogP contribution in [-0.2, 0) is 0 Å². The van der Waals surface area contributed by atoms with Crippen molar-refractivity contribution in [1.29, 1.82) is 0 Å². The number of hydrogen-bond donors (Lipinski definition) is 1. The SMILES string of the molecule is C=C(C)CCC(O)c1snnc1C(C)C. The van der Waals surface area contributed by atoms with E-state index in [9.17, 15) is 5.11 Å². The second-order valence-electron chi connectivity index (χ2n) is 4.19. The first-order valence-electron chi connectivity index (χ1n) is 5.17. The van der Waals surface area contributed by atoms with Crippen molar-refractivity contribution in [1.82, 2.24) is 9.59 Å². The van der Waals surface area contributed by atoms with Gasteiger partial charge in [-0.25, -0.2) is 0 Å². The van der Waals surface area contributed by atoms with Crippen molar-refractivity contribution < 1.29 is 5.11 Å². The highest BCUT2D eigenvalue weighted by Gasteiger charge is 2.18. The van der Waals surface area contributed by atoms with Crippen molar-refractivity contribution in [2.24, 2.45) is 0 Å². The largest absolute Gasteiger partial charge is 0.387 e. The summed E-state index contributed by atoms with van der Waals surface area (Å²) in [5.74, 6) is 0.318. The highest BCUT2D eigenvalue weighted by atomic mass is 32.1. The first-order chi connectivity index (χ1) is 7.02. The standard InChI is InChI=1S/C11H18N2OS/c1-7(2)5-6-9(14)11-10(8(3)4)12-13-15-11/h8-9,14H,1,5-6H2,2-4H3. The van der Waals surface area contributed by atoms with E-state index in [1.54, 1.807) is 0 Å². The third-order valence-corrected chi connectivity index (χ3v) is 3.08. The van der Waals surface area contributed by atoms with Crippen molar-refractivity contribution in [3.8, 4) is 0 Å². The second kappa shape index (κ2) is 5.37. The van der Waals surface area contributed by atoms with Gasteiger partial charge in [0.25, 0.3) is 0 Å². The summed E-state index contributed by atoms with van der Waals surface area (Å²) in [6, 6.07) is 0. The van der Waals surface area contributed by atoms with Gasteiger partial charge >= 0.3 is 0 Å². The van der Waals surface area contributed by atoms with Crippen LogP contribution in [0, 0.1) is 0 Å². The molecule has 3 nitrogen and oxygen atoms in total. The Hall–Kier alpha value is -0.740. The van der Waals surface area contributed by atoms with Gasteiger partial charge in [-0.3, -0.25) is 0 Å². The zero-order chi connectivity index (χ0) is 11.4. The van der Waals surface area contributed by atoms with Crippen LogP contribution in [0.4, 0.5) is 0 Å². The molecule has 0 radical (unpaired) electrons. The maximum Gasteiger partial charge on any atom is 0.0920 e. The average molecular weight is 226 g/mol. The molecule has 0 bridgehead atoms. The van der Waals surface area contributed by atoms with Crippen molar-refractivity contribution in [2.75, 3.05) is 0 Å². The Morgan fingerprint density at radius 1 is 1.53 bits per heavy atom. The molecule has 15 heavy (non-hydrogen) atoms. The zero-order valence-electron chi connectivity index (χ0n) is 9.53. The molecule has 1 unspecified atom stereocenters. The van der Waals surface area contributed by atoms with Crippen LogP contribution in [-0.4, -0.2) is 14.7 Å². The van der Waals surface area contributed by atoms with Gasteiger partial charge in [0, 0.05) is 0 Å². The van der Waals surface area contributed by atoms with E-state index in [0.29, 0.717) is 12.3 Å². The normalized spacial score (nSPS) is 13.1. The molecule has 0 aliphatic carbocycles. The number of aliphatic hydroxyl groups excluding tert-OH is 1. The van der Waals surface area contributed by atoms with Crippen molar-refractivity contribution in [2.45, 2.75) is 45.6 Å². The van der Waals surface area contributed by atoms with E-state index in [0.717, 1.165) is 22.6 Å². The minimum absolute atomic E-state index is 0.318. The number of rotatable bonds is 5. The van der Waals surface area contributed by atoms with Crippen LogP contribution in [0.2, 0.25) is 0 Å². The van der Waals surface area contributed by atoms with Gasteiger partial charge in [0.2, 0.25) is 0 Å². The summed E-state index contributed by atoms with van der Waals surface area (Å²) in [4.78, 5) is 0.909. The van der Waals surface area contributed by atoms with E-state index in [1.165, 1.54) is 11.5 Å². The molecule has 0 aliphatic heterocycles. The topological polar surface area (TPSA) is 46.0 Å². The van der Waals surface area contributed by atoms with E-state index >= 15 is 0 Å². The molecule has 1 aromatic heterocycles. The monoisotopic (exact) mass is 226 g/mol. The minimum Gasteiger partial charge on any atom is -0.387 e. The lowest BCUT2D eigenvalue weighted by molar-refractivity contribution is 0.170. The molecule has 0 saturated heterocycles. The first-order valence-corrected chi connectivity index (χ1v) is 5.94. The third kappa shape index (κ3) is 3.39. The lowest BCUT2D eigenvalue weighted by Crippen LogP contribution is -2.01. The number of nitrogens with zero attached hydrogens (tertiary/aromatic N) is 2. The summed E-state index contributed by atoms with van der Waals surface area (Å²) in [5, 5.41) is 14.0. The minimum atomic E-state index is -0.445. The number of allylic oxidation sites excluding steroid dienone is 1. The number of aromatic nitrogens is 2. The van der Waals surface area contributed by atoms with E-state index in [2.05, 4.69) is 30.0 Å². The summed E-state index contributed by atoms with van der Waals surface area (Å²) in [6.45, 7) is 9.92. The molecule has 0 aliphatic rings. The van der Waals surface area contributed by atoms with Crippen LogP contribution in [0.15, 0.2) is 12.2 Å². The smallest absolute Gasteiger partial charge is 0.0920 e. The molecule has 1 N–H and O–H groups in total. The summed E-state index contributed by atoms with van der Waals surface area (Å²) in [6.07, 6.45) is 1.11. The molecule has 84 valence electrons. The Morgan fingerprint density at radius 2 is 2.20 bits per heavy atom. The molecular formula is C11H18N2OS. The van der Waals surface area contributed by atoms with Crippen LogP contribution < -0.4 is 0 Å². The molecule has 1 atom stereocenters. The molecule has 1 rings (SSSR count). The van der Waals surface area contributed by atoms with Gasteiger partial charge in [0.05, 0.1) is 16.7 Å². The second-order valence-corrected chi connectivity index (χ2v) is 4.97. The first kappa shape index (κ1) is 12.3. The van der Waals surface area contributed by atoms with Gasteiger partial charge in [0.15, 0.2) is 0 Å². The lowest BCUT2D eigenvalue weighted by Gasteiger charge is -2.10. The molecule has 0 aromatic carbocycles. The molecule has 1 aromatic rings. The van der Waals surface area contributed by atoms with Gasteiger partial charge in [-0.15, -0.1) is 11.7 Å². The van der Waals surface area contributed by atoms with Crippen molar-refractivity contribution in [3.05, 3.63) is 22.7 Å². The summed E-state index contributed by atoms with van der Waals surface area (Å²) in [5.41, 5.74) is 2.02. The van der Waals surface area contributed by atoms with Gasteiger partial charge in [-0.1, -0.05) is 23.9 Å². The van der Waals surface area contributed by atoms with Crippen LogP contribution in [0.1, 0.15) is 56.2 Å². The maximum absolute atomic E-state index is 9.98. The fourth-order valence-electron chi connectivity index (χ4n) is 1.35. The van der Waals surface area contributed by atoms with Crippen LogP contribution >= 0.6 is 11.5 Å². The van der Waals surface area contributed by atoms with Crippen LogP contribution in [0.3, 0.4) is 0 Å². The quantitative estimate of drug-likeness (QED) is 0.785. The summed E-state index contributed by atoms with van der Waals surface area (Å²) in [7, 11) is 0. The predicted octanol–water partition coefficient (Wildman–Crippen LogP) is 3.05. The lowest BCUT2D eigenvalue weighted by atomic mass is 10.0. The zero-order valence-corrected chi connectivity index (χ0v) is 10.3. The van der Waals surface area contributed by atoms with Crippen LogP contribution in [0.25, 0.3) is 0 Å². The average Bonchev–Trinajstić information content (AvgIpc) is 2.62. The third-order valence-electron chi connectivity index (χ3n) is 2.23. The predicted molar refractivity (Wildman–Crippen MR) is 63.0 cm³/mol. The number of hydrogen-bond acceptors (Lipinski definition) is 4. The van der Waals surface area contributed by atoms with E-state index in [-0.39, 0.29) is 0 Å². The van der Waals surface area contributed by atoms with Crippen molar-refractivity contribution in [3.63, 3.8) is 0 Å². The highest BCUT2D eigenvalue weighted by molar-refractivity contribution is 7.05. The highest BCUT2D eigenvalue weighted by Crippen LogP contribution is 2.29. The molecule has 0 saturated carbocycles. The summed E-state index contributed by atoms with van der Waals surface area (Å²) >= 11 is 1.30. The Balaban J connectivity index is 2.68. The molecule has 1 heterocycles. The van der Waals surface area contributed by atoms with Gasteiger partial charge in [-0.2, -0.15) is 0 Å². The molecule has 0 spiro atoms. The Bertz CT molecular complexity index is 333. The Labute approximate surface area is 95.0 Å².